The molecule has 0 saturated heterocycles. The van der Waals surface area contributed by atoms with E-state index in [1.807, 2.05) is 0 Å². The number of hydrogen-bond donors (Lipinski definition) is 1. The molecule has 0 amide bonds. The number of sulfonamides is 1. The minimum absolute atomic E-state index is 0.0155. The van der Waals surface area contributed by atoms with E-state index in [0.717, 1.165) is 0 Å². The first-order valence-electron chi connectivity index (χ1n) is 6.73. The predicted octanol–water partition coefficient (Wildman–Crippen LogP) is 4.32. The third-order valence-corrected chi connectivity index (χ3v) is 5.70. The van der Waals surface area contributed by atoms with Crippen LogP contribution in [0.5, 0.6) is 0 Å². The lowest BCUT2D eigenvalue weighted by molar-refractivity contribution is -0.143. The highest BCUT2D eigenvalue weighted by Gasteiger charge is 2.20. The second-order valence-corrected chi connectivity index (χ2v) is 8.22. The monoisotopic (exact) mass is 441 g/mol. The van der Waals surface area contributed by atoms with Gasteiger partial charge in [-0.2, -0.15) is 4.72 Å². The molecule has 2 aromatic rings. The van der Waals surface area contributed by atoms with Gasteiger partial charge in [0.05, 0.1) is 5.02 Å². The summed E-state index contributed by atoms with van der Waals surface area (Å²) in [5, 5.41) is 0.973. The van der Waals surface area contributed by atoms with Crippen molar-refractivity contribution in [2.24, 2.45) is 0 Å². The Bertz CT molecular complexity index is 902. The molecule has 2 aromatic carbocycles. The molecule has 0 radical (unpaired) electrons. The third-order valence-electron chi connectivity index (χ3n) is 2.99. The SMILES string of the molecule is O=C(CNS(=O)(=O)c1cc(Cl)ccc1Cl)OCc1ccc(Cl)cc1Cl. The van der Waals surface area contributed by atoms with E-state index in [4.69, 9.17) is 51.1 Å². The second-order valence-electron chi connectivity index (χ2n) is 4.80. The van der Waals surface area contributed by atoms with Crippen LogP contribution >= 0.6 is 46.4 Å². The number of nitrogens with one attached hydrogen (secondary N) is 1. The third kappa shape index (κ3) is 5.74. The number of halogens is 4. The quantitative estimate of drug-likeness (QED) is 0.676. The zero-order valence-corrected chi connectivity index (χ0v) is 16.3. The summed E-state index contributed by atoms with van der Waals surface area (Å²) >= 11 is 23.3. The Morgan fingerprint density at radius 3 is 2.28 bits per heavy atom. The van der Waals surface area contributed by atoms with Crippen LogP contribution in [0.15, 0.2) is 41.3 Å². The molecule has 0 fully saturated rings. The molecule has 0 aliphatic rings. The zero-order valence-electron chi connectivity index (χ0n) is 12.4. The van der Waals surface area contributed by atoms with Crippen LogP contribution in [0.25, 0.3) is 0 Å². The van der Waals surface area contributed by atoms with Gasteiger partial charge in [0.1, 0.15) is 18.0 Å². The zero-order chi connectivity index (χ0) is 18.6. The van der Waals surface area contributed by atoms with E-state index in [-0.39, 0.29) is 21.5 Å². The summed E-state index contributed by atoms with van der Waals surface area (Å²) in [5.41, 5.74) is 0.542. The Kier molecular flexibility index (Phi) is 6.96. The van der Waals surface area contributed by atoms with E-state index in [1.165, 1.54) is 24.3 Å². The van der Waals surface area contributed by atoms with Crippen molar-refractivity contribution in [3.05, 3.63) is 62.1 Å². The van der Waals surface area contributed by atoms with E-state index in [0.29, 0.717) is 15.6 Å². The van der Waals surface area contributed by atoms with Crippen molar-refractivity contribution in [3.63, 3.8) is 0 Å². The van der Waals surface area contributed by atoms with Crippen molar-refractivity contribution in [1.29, 1.82) is 0 Å². The number of ether oxygens (including phenoxy) is 1. The Labute approximate surface area is 164 Å². The molecule has 25 heavy (non-hydrogen) atoms. The number of benzene rings is 2. The summed E-state index contributed by atoms with van der Waals surface area (Å²) in [6.07, 6.45) is 0. The maximum absolute atomic E-state index is 12.2. The van der Waals surface area contributed by atoms with Crippen LogP contribution in [0.4, 0.5) is 0 Å². The largest absolute Gasteiger partial charge is 0.460 e. The fourth-order valence-corrected chi connectivity index (χ4v) is 3.96. The molecule has 2 rings (SSSR count). The van der Waals surface area contributed by atoms with Gasteiger partial charge in [0.15, 0.2) is 0 Å². The molecule has 1 N–H and O–H groups in total. The summed E-state index contributed by atoms with van der Waals surface area (Å²) in [7, 11) is -4.02. The maximum Gasteiger partial charge on any atom is 0.321 e. The second kappa shape index (κ2) is 8.58. The summed E-state index contributed by atoms with van der Waals surface area (Å²) < 4.78 is 31.4. The minimum Gasteiger partial charge on any atom is -0.460 e. The first-order valence-corrected chi connectivity index (χ1v) is 9.73. The Morgan fingerprint density at radius 1 is 0.960 bits per heavy atom. The summed E-state index contributed by atoms with van der Waals surface area (Å²) in [6.45, 7) is -0.690. The topological polar surface area (TPSA) is 72.5 Å². The number of hydrogen-bond acceptors (Lipinski definition) is 4. The number of carbonyl (C=O) groups is 1. The highest BCUT2D eigenvalue weighted by atomic mass is 35.5. The maximum atomic E-state index is 12.2. The van der Waals surface area contributed by atoms with Crippen molar-refractivity contribution in [1.82, 2.24) is 4.72 Å². The van der Waals surface area contributed by atoms with Crippen LogP contribution in [0.3, 0.4) is 0 Å². The van der Waals surface area contributed by atoms with Crippen LogP contribution in [0.1, 0.15) is 5.56 Å². The van der Waals surface area contributed by atoms with Crippen molar-refractivity contribution in [2.45, 2.75) is 11.5 Å². The van der Waals surface area contributed by atoms with E-state index < -0.39 is 22.5 Å². The van der Waals surface area contributed by atoms with Gasteiger partial charge in [-0.05, 0) is 30.3 Å². The molecule has 0 aliphatic carbocycles. The van der Waals surface area contributed by atoms with Gasteiger partial charge < -0.3 is 4.74 Å². The van der Waals surface area contributed by atoms with Crippen molar-refractivity contribution in [2.75, 3.05) is 6.54 Å². The lowest BCUT2D eigenvalue weighted by Crippen LogP contribution is -2.30. The van der Waals surface area contributed by atoms with Gasteiger partial charge in [-0.25, -0.2) is 8.42 Å². The van der Waals surface area contributed by atoms with Crippen molar-refractivity contribution in [3.8, 4) is 0 Å². The average molecular weight is 443 g/mol. The van der Waals surface area contributed by atoms with Crippen LogP contribution in [0, 0.1) is 0 Å². The van der Waals surface area contributed by atoms with Gasteiger partial charge in [-0.15, -0.1) is 0 Å². The Hall–Kier alpha value is -1.02. The van der Waals surface area contributed by atoms with E-state index in [2.05, 4.69) is 4.72 Å². The van der Waals surface area contributed by atoms with Gasteiger partial charge in [-0.3, -0.25) is 4.79 Å². The van der Waals surface area contributed by atoms with Gasteiger partial charge in [0, 0.05) is 20.6 Å². The van der Waals surface area contributed by atoms with E-state index in [9.17, 15) is 13.2 Å². The van der Waals surface area contributed by atoms with E-state index in [1.54, 1.807) is 12.1 Å². The molecule has 134 valence electrons. The summed E-state index contributed by atoms with van der Waals surface area (Å²) in [5.74, 6) is -0.784. The molecule has 5 nitrogen and oxygen atoms in total. The standard InChI is InChI=1S/C15H11Cl4NO4S/c16-10-2-1-9(13(19)5-10)8-24-15(21)7-20-25(22,23)14-6-11(17)3-4-12(14)18/h1-6,20H,7-8H2. The fourth-order valence-electron chi connectivity index (χ4n) is 1.76. The normalized spacial score (nSPS) is 11.4. The predicted molar refractivity (Wildman–Crippen MR) is 97.9 cm³/mol. The molecule has 0 heterocycles. The molecule has 0 aliphatic heterocycles. The first kappa shape index (κ1) is 20.3. The average Bonchev–Trinajstić information content (AvgIpc) is 2.54. The molecular weight excluding hydrogens is 432 g/mol. The van der Waals surface area contributed by atoms with Crippen LogP contribution in [0.2, 0.25) is 20.1 Å². The Balaban J connectivity index is 1.96. The molecule has 0 spiro atoms. The van der Waals surface area contributed by atoms with Crippen molar-refractivity contribution < 1.29 is 17.9 Å². The molecule has 0 unspecified atom stereocenters. The Morgan fingerprint density at radius 2 is 1.60 bits per heavy atom. The van der Waals surface area contributed by atoms with Crippen molar-refractivity contribution >= 4 is 62.4 Å². The molecule has 0 atom stereocenters. The van der Waals surface area contributed by atoms with Gasteiger partial charge in [0.25, 0.3) is 0 Å². The summed E-state index contributed by atoms with van der Waals surface area (Å²) in [4.78, 5) is 11.5. The molecular formula is C15H11Cl4NO4S. The fraction of sp³-hybridized carbons (Fsp3) is 0.133. The molecule has 0 bridgehead atoms. The first-order chi connectivity index (χ1) is 11.7. The van der Waals surface area contributed by atoms with Gasteiger partial charge >= 0.3 is 5.97 Å². The van der Waals surface area contributed by atoms with Crippen LogP contribution in [-0.4, -0.2) is 20.9 Å². The minimum atomic E-state index is -4.02. The molecule has 0 saturated carbocycles. The highest BCUT2D eigenvalue weighted by Crippen LogP contribution is 2.25. The highest BCUT2D eigenvalue weighted by molar-refractivity contribution is 7.89. The lowest BCUT2D eigenvalue weighted by Gasteiger charge is -2.10. The van der Waals surface area contributed by atoms with E-state index >= 15 is 0 Å². The van der Waals surface area contributed by atoms with Crippen LogP contribution < -0.4 is 4.72 Å². The molecule has 10 heteroatoms. The number of rotatable bonds is 6. The lowest BCUT2D eigenvalue weighted by atomic mass is 10.2. The number of esters is 1. The number of carbonyl (C=O) groups excluding carboxylic acids is 1. The smallest absolute Gasteiger partial charge is 0.321 e. The van der Waals surface area contributed by atoms with Crippen LogP contribution in [-0.2, 0) is 26.2 Å². The van der Waals surface area contributed by atoms with Gasteiger partial charge in [0.2, 0.25) is 10.0 Å². The van der Waals surface area contributed by atoms with Gasteiger partial charge in [-0.1, -0.05) is 52.5 Å². The summed E-state index contributed by atoms with van der Waals surface area (Å²) in [6, 6.07) is 8.70. The molecule has 0 aromatic heterocycles.